The lowest BCUT2D eigenvalue weighted by molar-refractivity contribution is 0.117. The van der Waals surface area contributed by atoms with Gasteiger partial charge in [-0.05, 0) is 13.8 Å². The van der Waals surface area contributed by atoms with Crippen molar-refractivity contribution in [2.75, 3.05) is 13.2 Å². The van der Waals surface area contributed by atoms with Crippen LogP contribution in [0.1, 0.15) is 25.6 Å². The number of aliphatic hydroxyl groups is 1. The zero-order valence-corrected chi connectivity index (χ0v) is 9.48. The topological polar surface area (TPSA) is 60.2 Å². The number of halogens is 1. The van der Waals surface area contributed by atoms with Crippen LogP contribution in [0.2, 0.25) is 0 Å². The summed E-state index contributed by atoms with van der Waals surface area (Å²) in [4.78, 5) is -0.539. The Bertz CT molecular complexity index is 347. The molecule has 2 rings (SSSR count). The van der Waals surface area contributed by atoms with Crippen molar-refractivity contribution in [1.82, 2.24) is 15.0 Å². The third-order valence-electron chi connectivity index (χ3n) is 2.48. The number of hydrogen-bond acceptors (Lipinski definition) is 4. The van der Waals surface area contributed by atoms with E-state index in [4.69, 9.17) is 16.3 Å². The van der Waals surface area contributed by atoms with Gasteiger partial charge in [-0.15, -0.1) is 16.7 Å². The lowest BCUT2D eigenvalue weighted by Gasteiger charge is -2.12. The summed E-state index contributed by atoms with van der Waals surface area (Å²) in [5.41, 5.74) is 0.697. The van der Waals surface area contributed by atoms with Crippen LogP contribution >= 0.6 is 11.6 Å². The van der Waals surface area contributed by atoms with Crippen LogP contribution in [-0.4, -0.2) is 39.4 Å². The van der Waals surface area contributed by atoms with Gasteiger partial charge in [-0.1, -0.05) is 5.21 Å². The minimum absolute atomic E-state index is 0.148. The van der Waals surface area contributed by atoms with Crippen molar-refractivity contribution in [3.63, 3.8) is 0 Å². The first-order chi connectivity index (χ1) is 6.98. The highest BCUT2D eigenvalue weighted by molar-refractivity contribution is 6.23. The molecular weight excluding hydrogens is 218 g/mol. The SMILES string of the molecule is CC(C)(Cl)c1cn([C@@H]2COC[C@H]2O)nn1. The standard InChI is InChI=1S/C9H14ClN3O2/c1-9(2,10)8-3-13(12-11-8)6-4-15-5-7(6)14/h3,6-7,14H,4-5H2,1-2H3/t6-,7-/m1/s1. The van der Waals surface area contributed by atoms with Crippen LogP contribution in [0.4, 0.5) is 0 Å². The van der Waals surface area contributed by atoms with Gasteiger partial charge < -0.3 is 9.84 Å². The third kappa shape index (κ3) is 2.14. The molecule has 2 heterocycles. The van der Waals surface area contributed by atoms with Crippen LogP contribution in [0.25, 0.3) is 0 Å². The Morgan fingerprint density at radius 2 is 2.33 bits per heavy atom. The normalized spacial score (nSPS) is 27.2. The molecule has 1 aromatic rings. The molecule has 1 aliphatic rings. The highest BCUT2D eigenvalue weighted by atomic mass is 35.5. The Balaban J connectivity index is 2.20. The second-order valence-corrected chi connectivity index (χ2v) is 5.17. The minimum atomic E-state index is -0.539. The summed E-state index contributed by atoms with van der Waals surface area (Å²) >= 11 is 6.11. The predicted octanol–water partition coefficient (Wildman–Crippen LogP) is 0.684. The maximum atomic E-state index is 9.61. The molecule has 1 aliphatic heterocycles. The highest BCUT2D eigenvalue weighted by Gasteiger charge is 2.30. The fourth-order valence-electron chi connectivity index (χ4n) is 1.50. The highest BCUT2D eigenvalue weighted by Crippen LogP contribution is 2.27. The third-order valence-corrected chi connectivity index (χ3v) is 2.67. The Kier molecular flexibility index (Phi) is 2.70. The van der Waals surface area contributed by atoms with Gasteiger partial charge in [0.15, 0.2) is 0 Å². The summed E-state index contributed by atoms with van der Waals surface area (Å²) in [7, 11) is 0. The lowest BCUT2D eigenvalue weighted by Crippen LogP contribution is -2.22. The van der Waals surface area contributed by atoms with E-state index >= 15 is 0 Å². The molecular formula is C9H14ClN3O2. The summed E-state index contributed by atoms with van der Waals surface area (Å²) in [5, 5.41) is 17.5. The molecule has 0 amide bonds. The van der Waals surface area contributed by atoms with Crippen molar-refractivity contribution >= 4 is 11.6 Å². The second-order valence-electron chi connectivity index (χ2n) is 4.23. The van der Waals surface area contributed by atoms with Crippen molar-refractivity contribution in [1.29, 1.82) is 0 Å². The van der Waals surface area contributed by atoms with E-state index in [1.54, 1.807) is 10.9 Å². The van der Waals surface area contributed by atoms with Gasteiger partial charge in [0.2, 0.25) is 0 Å². The maximum Gasteiger partial charge on any atom is 0.105 e. The average Bonchev–Trinajstić information content (AvgIpc) is 2.69. The van der Waals surface area contributed by atoms with Gasteiger partial charge in [0.05, 0.1) is 24.3 Å². The molecule has 1 N–H and O–H groups in total. The van der Waals surface area contributed by atoms with E-state index in [0.29, 0.717) is 18.9 Å². The predicted molar refractivity (Wildman–Crippen MR) is 54.8 cm³/mol. The van der Waals surface area contributed by atoms with Crippen LogP contribution in [0.5, 0.6) is 0 Å². The molecule has 0 bridgehead atoms. The Hall–Kier alpha value is -0.650. The molecule has 15 heavy (non-hydrogen) atoms. The average molecular weight is 232 g/mol. The van der Waals surface area contributed by atoms with Crippen molar-refractivity contribution in [3.8, 4) is 0 Å². The van der Waals surface area contributed by atoms with E-state index in [1.807, 2.05) is 13.8 Å². The molecule has 1 aromatic heterocycles. The fraction of sp³-hybridized carbons (Fsp3) is 0.778. The number of aromatic nitrogens is 3. The van der Waals surface area contributed by atoms with Gasteiger partial charge >= 0.3 is 0 Å². The van der Waals surface area contributed by atoms with Crippen molar-refractivity contribution in [2.45, 2.75) is 30.9 Å². The molecule has 0 saturated carbocycles. The van der Waals surface area contributed by atoms with E-state index in [9.17, 15) is 5.11 Å². The first kappa shape index (κ1) is 10.9. The molecule has 0 radical (unpaired) electrons. The Morgan fingerprint density at radius 1 is 1.60 bits per heavy atom. The number of ether oxygens (including phenoxy) is 1. The van der Waals surface area contributed by atoms with Crippen molar-refractivity contribution < 1.29 is 9.84 Å². The number of aliphatic hydroxyl groups excluding tert-OH is 1. The second kappa shape index (κ2) is 3.73. The molecule has 2 atom stereocenters. The molecule has 5 nitrogen and oxygen atoms in total. The van der Waals surface area contributed by atoms with E-state index in [2.05, 4.69) is 10.3 Å². The van der Waals surface area contributed by atoms with Crippen LogP contribution in [0.3, 0.4) is 0 Å². The number of rotatable bonds is 2. The fourth-order valence-corrected chi connectivity index (χ4v) is 1.58. The zero-order valence-electron chi connectivity index (χ0n) is 8.72. The molecule has 0 aliphatic carbocycles. The molecule has 0 spiro atoms. The smallest absolute Gasteiger partial charge is 0.105 e. The first-order valence-electron chi connectivity index (χ1n) is 4.85. The molecule has 84 valence electrons. The number of alkyl halides is 1. The van der Waals surface area contributed by atoms with Gasteiger partial charge in [-0.2, -0.15) is 0 Å². The summed E-state index contributed by atoms with van der Waals surface area (Å²) in [6.07, 6.45) is 1.24. The quantitative estimate of drug-likeness (QED) is 0.761. The van der Waals surface area contributed by atoms with E-state index in [0.717, 1.165) is 0 Å². The van der Waals surface area contributed by atoms with E-state index in [-0.39, 0.29) is 6.04 Å². The monoisotopic (exact) mass is 231 g/mol. The molecule has 0 unspecified atom stereocenters. The van der Waals surface area contributed by atoms with Gasteiger partial charge in [-0.3, -0.25) is 0 Å². The number of hydrogen-bond donors (Lipinski definition) is 1. The van der Waals surface area contributed by atoms with Gasteiger partial charge in [0.25, 0.3) is 0 Å². The number of nitrogens with zero attached hydrogens (tertiary/aromatic N) is 3. The Morgan fingerprint density at radius 3 is 2.80 bits per heavy atom. The zero-order chi connectivity index (χ0) is 11.1. The van der Waals surface area contributed by atoms with E-state index < -0.39 is 11.0 Å². The van der Waals surface area contributed by atoms with Crippen LogP contribution in [-0.2, 0) is 9.61 Å². The summed E-state index contributed by atoms with van der Waals surface area (Å²) < 4.78 is 6.77. The summed E-state index contributed by atoms with van der Waals surface area (Å²) in [5.74, 6) is 0. The molecule has 1 saturated heterocycles. The lowest BCUT2D eigenvalue weighted by atomic mass is 10.1. The largest absolute Gasteiger partial charge is 0.388 e. The van der Waals surface area contributed by atoms with E-state index in [1.165, 1.54) is 0 Å². The molecule has 6 heteroatoms. The van der Waals surface area contributed by atoms with Crippen molar-refractivity contribution in [2.24, 2.45) is 0 Å². The minimum Gasteiger partial charge on any atom is -0.388 e. The van der Waals surface area contributed by atoms with Crippen molar-refractivity contribution in [3.05, 3.63) is 11.9 Å². The molecule has 1 fully saturated rings. The molecule has 0 aromatic carbocycles. The summed E-state index contributed by atoms with van der Waals surface area (Å²) in [6, 6.07) is -0.148. The van der Waals surface area contributed by atoms with Gasteiger partial charge in [0, 0.05) is 0 Å². The van der Waals surface area contributed by atoms with Crippen LogP contribution < -0.4 is 0 Å². The van der Waals surface area contributed by atoms with Gasteiger partial charge in [0.1, 0.15) is 17.8 Å². The van der Waals surface area contributed by atoms with Crippen LogP contribution in [0, 0.1) is 0 Å². The summed E-state index contributed by atoms with van der Waals surface area (Å²) in [6.45, 7) is 4.52. The Labute approximate surface area is 93.0 Å². The maximum absolute atomic E-state index is 9.61. The van der Waals surface area contributed by atoms with Gasteiger partial charge in [-0.25, -0.2) is 4.68 Å². The van der Waals surface area contributed by atoms with Crippen LogP contribution in [0.15, 0.2) is 6.20 Å². The first-order valence-corrected chi connectivity index (χ1v) is 5.23.